The Morgan fingerprint density at radius 3 is 2.67 bits per heavy atom. The first kappa shape index (κ1) is 16.2. The molecule has 0 spiro atoms. The minimum absolute atomic E-state index is 0.0168. The average Bonchev–Trinajstić information content (AvgIpc) is 2.54. The predicted molar refractivity (Wildman–Crippen MR) is 90.9 cm³/mol. The van der Waals surface area contributed by atoms with Crippen LogP contribution in [0.15, 0.2) is 47.4 Å². The molecule has 3 rings (SSSR count). The van der Waals surface area contributed by atoms with E-state index in [-0.39, 0.29) is 22.3 Å². The number of fused-ring (bicyclic) bond motifs is 1. The van der Waals surface area contributed by atoms with Crippen molar-refractivity contribution in [3.05, 3.63) is 53.6 Å². The van der Waals surface area contributed by atoms with Crippen LogP contribution in [0.5, 0.6) is 0 Å². The van der Waals surface area contributed by atoms with Gasteiger partial charge in [-0.15, -0.1) is 0 Å². The van der Waals surface area contributed by atoms with E-state index in [0.29, 0.717) is 18.5 Å². The molecule has 0 aromatic heterocycles. The standard InChI is InChI=1S/C17H16N2O4S/c1-24(22,23)14-4-2-3-12(10-14)17(21)18-13-6-7-15-11(9-13)5-8-16(20)19-15/h2-4,6-7,9-10H,5,8H2,1H3,(H,18,21)(H,19,20). The second-order valence-corrected chi connectivity index (χ2v) is 7.69. The van der Waals surface area contributed by atoms with E-state index in [1.807, 2.05) is 6.07 Å². The largest absolute Gasteiger partial charge is 0.326 e. The second kappa shape index (κ2) is 6.09. The molecule has 6 nitrogen and oxygen atoms in total. The highest BCUT2D eigenvalue weighted by molar-refractivity contribution is 7.90. The van der Waals surface area contributed by atoms with Crippen molar-refractivity contribution in [3.8, 4) is 0 Å². The minimum Gasteiger partial charge on any atom is -0.326 e. The number of carbonyl (C=O) groups is 2. The summed E-state index contributed by atoms with van der Waals surface area (Å²) in [7, 11) is -3.37. The number of rotatable bonds is 3. The Labute approximate surface area is 139 Å². The van der Waals surface area contributed by atoms with Gasteiger partial charge in [0.15, 0.2) is 9.84 Å². The number of hydrogen-bond donors (Lipinski definition) is 2. The van der Waals surface area contributed by atoms with Crippen molar-refractivity contribution in [2.75, 3.05) is 16.9 Å². The number of aryl methyl sites for hydroxylation is 1. The van der Waals surface area contributed by atoms with Crippen LogP contribution in [0.3, 0.4) is 0 Å². The lowest BCUT2D eigenvalue weighted by molar-refractivity contribution is -0.116. The molecule has 2 aromatic rings. The Morgan fingerprint density at radius 1 is 1.12 bits per heavy atom. The molecule has 0 radical (unpaired) electrons. The maximum absolute atomic E-state index is 12.3. The summed E-state index contributed by atoms with van der Waals surface area (Å²) in [6, 6.07) is 11.2. The van der Waals surface area contributed by atoms with Crippen LogP contribution in [0.25, 0.3) is 0 Å². The molecule has 2 amide bonds. The van der Waals surface area contributed by atoms with Crippen molar-refractivity contribution in [2.45, 2.75) is 17.7 Å². The van der Waals surface area contributed by atoms with Gasteiger partial charge in [0.2, 0.25) is 5.91 Å². The van der Waals surface area contributed by atoms with Gasteiger partial charge >= 0.3 is 0 Å². The summed E-state index contributed by atoms with van der Waals surface area (Å²) in [4.78, 5) is 23.8. The van der Waals surface area contributed by atoms with Crippen molar-refractivity contribution < 1.29 is 18.0 Å². The molecule has 1 aliphatic heterocycles. The average molecular weight is 344 g/mol. The summed E-state index contributed by atoms with van der Waals surface area (Å²) >= 11 is 0. The highest BCUT2D eigenvalue weighted by Gasteiger charge is 2.16. The Morgan fingerprint density at radius 2 is 1.92 bits per heavy atom. The molecular weight excluding hydrogens is 328 g/mol. The smallest absolute Gasteiger partial charge is 0.255 e. The van der Waals surface area contributed by atoms with Gasteiger partial charge in [-0.05, 0) is 48.4 Å². The molecule has 1 aliphatic rings. The van der Waals surface area contributed by atoms with Crippen molar-refractivity contribution in [2.24, 2.45) is 0 Å². The van der Waals surface area contributed by atoms with Crippen LogP contribution < -0.4 is 10.6 Å². The van der Waals surface area contributed by atoms with Gasteiger partial charge in [-0.3, -0.25) is 9.59 Å². The number of anilines is 2. The fraction of sp³-hybridized carbons (Fsp3) is 0.176. The molecule has 0 saturated heterocycles. The molecule has 0 aliphatic carbocycles. The third kappa shape index (κ3) is 3.46. The van der Waals surface area contributed by atoms with Crippen LogP contribution in [0.1, 0.15) is 22.3 Å². The molecule has 124 valence electrons. The molecule has 1 heterocycles. The lowest BCUT2D eigenvalue weighted by Crippen LogP contribution is -2.19. The van der Waals surface area contributed by atoms with Gasteiger partial charge in [-0.25, -0.2) is 8.42 Å². The Balaban J connectivity index is 1.82. The summed E-state index contributed by atoms with van der Waals surface area (Å²) in [5.41, 5.74) is 2.57. The summed E-state index contributed by atoms with van der Waals surface area (Å²) in [6.07, 6.45) is 2.14. The molecular formula is C17H16N2O4S. The zero-order chi connectivity index (χ0) is 17.3. The van der Waals surface area contributed by atoms with Crippen LogP contribution in [0.4, 0.5) is 11.4 Å². The summed E-state index contributed by atoms with van der Waals surface area (Å²) in [5, 5.41) is 5.53. The third-order valence-electron chi connectivity index (χ3n) is 3.78. The fourth-order valence-electron chi connectivity index (χ4n) is 2.53. The second-order valence-electron chi connectivity index (χ2n) is 5.67. The van der Waals surface area contributed by atoms with E-state index in [1.165, 1.54) is 18.2 Å². The quantitative estimate of drug-likeness (QED) is 0.893. The lowest BCUT2D eigenvalue weighted by atomic mass is 10.0. The third-order valence-corrected chi connectivity index (χ3v) is 4.89. The first-order valence-electron chi connectivity index (χ1n) is 7.37. The lowest BCUT2D eigenvalue weighted by Gasteiger charge is -2.17. The van der Waals surface area contributed by atoms with Gasteiger partial charge < -0.3 is 10.6 Å². The Hall–Kier alpha value is -2.67. The SMILES string of the molecule is CS(=O)(=O)c1cccc(C(=O)Nc2ccc3c(c2)CCC(=O)N3)c1. The van der Waals surface area contributed by atoms with Crippen LogP contribution in [-0.4, -0.2) is 26.5 Å². The molecule has 7 heteroatoms. The van der Waals surface area contributed by atoms with Crippen molar-refractivity contribution in [1.29, 1.82) is 0 Å². The molecule has 2 N–H and O–H groups in total. The minimum atomic E-state index is -3.37. The number of carbonyl (C=O) groups excluding carboxylic acids is 2. The van der Waals surface area contributed by atoms with Crippen LogP contribution >= 0.6 is 0 Å². The van der Waals surface area contributed by atoms with Gasteiger partial charge in [-0.1, -0.05) is 6.07 Å². The molecule has 0 fully saturated rings. The van der Waals surface area contributed by atoms with Crippen LogP contribution in [0, 0.1) is 0 Å². The van der Waals surface area contributed by atoms with E-state index >= 15 is 0 Å². The van der Waals surface area contributed by atoms with Gasteiger partial charge in [0.1, 0.15) is 0 Å². The molecule has 2 aromatic carbocycles. The Kier molecular flexibility index (Phi) is 4.11. The highest BCUT2D eigenvalue weighted by atomic mass is 32.2. The van der Waals surface area contributed by atoms with E-state index in [2.05, 4.69) is 10.6 Å². The Bertz CT molecular complexity index is 935. The normalized spacial score (nSPS) is 13.8. The maximum atomic E-state index is 12.3. The summed E-state index contributed by atoms with van der Waals surface area (Å²) in [5.74, 6) is -0.405. The number of hydrogen-bond acceptors (Lipinski definition) is 4. The van der Waals surface area contributed by atoms with Gasteiger partial charge in [0.05, 0.1) is 4.90 Å². The number of sulfone groups is 1. The molecule has 0 atom stereocenters. The zero-order valence-electron chi connectivity index (χ0n) is 13.0. The van der Waals surface area contributed by atoms with E-state index < -0.39 is 9.84 Å². The number of amides is 2. The summed E-state index contributed by atoms with van der Waals surface area (Å²) in [6.45, 7) is 0. The first-order chi connectivity index (χ1) is 11.3. The van der Waals surface area contributed by atoms with Crippen molar-refractivity contribution in [1.82, 2.24) is 0 Å². The van der Waals surface area contributed by atoms with E-state index in [1.54, 1.807) is 18.2 Å². The molecule has 0 unspecified atom stereocenters. The molecule has 24 heavy (non-hydrogen) atoms. The predicted octanol–water partition coefficient (Wildman–Crippen LogP) is 2.23. The van der Waals surface area contributed by atoms with E-state index in [0.717, 1.165) is 17.5 Å². The van der Waals surface area contributed by atoms with Crippen LogP contribution in [0.2, 0.25) is 0 Å². The maximum Gasteiger partial charge on any atom is 0.255 e. The monoisotopic (exact) mass is 344 g/mol. The first-order valence-corrected chi connectivity index (χ1v) is 9.26. The summed E-state index contributed by atoms with van der Waals surface area (Å²) < 4.78 is 23.2. The molecule has 0 bridgehead atoms. The van der Waals surface area contributed by atoms with E-state index in [4.69, 9.17) is 0 Å². The zero-order valence-corrected chi connectivity index (χ0v) is 13.8. The molecule has 0 saturated carbocycles. The van der Waals surface area contributed by atoms with Gasteiger partial charge in [0.25, 0.3) is 5.91 Å². The number of nitrogens with one attached hydrogen (secondary N) is 2. The van der Waals surface area contributed by atoms with E-state index in [9.17, 15) is 18.0 Å². The van der Waals surface area contributed by atoms with Crippen molar-refractivity contribution in [3.63, 3.8) is 0 Å². The topological polar surface area (TPSA) is 92.3 Å². The van der Waals surface area contributed by atoms with Crippen molar-refractivity contribution >= 4 is 33.0 Å². The van der Waals surface area contributed by atoms with Gasteiger partial charge in [0, 0.05) is 29.6 Å². The van der Waals surface area contributed by atoms with Gasteiger partial charge in [-0.2, -0.15) is 0 Å². The fourth-order valence-corrected chi connectivity index (χ4v) is 3.20. The number of benzene rings is 2. The van der Waals surface area contributed by atoms with Crippen LogP contribution in [-0.2, 0) is 21.1 Å². The highest BCUT2D eigenvalue weighted by Crippen LogP contribution is 2.26.